The Morgan fingerprint density at radius 2 is 2.05 bits per heavy atom. The lowest BCUT2D eigenvalue weighted by Crippen LogP contribution is -2.29. The van der Waals surface area contributed by atoms with Crippen molar-refractivity contribution >= 4 is 28.2 Å². The smallest absolute Gasteiger partial charge is 0.264 e. The molecule has 2 aromatic heterocycles. The van der Waals surface area contributed by atoms with E-state index in [-0.39, 0.29) is 11.9 Å². The minimum Gasteiger partial charge on any atom is -0.459 e. The van der Waals surface area contributed by atoms with Crippen LogP contribution in [0.1, 0.15) is 34.0 Å². The highest BCUT2D eigenvalue weighted by molar-refractivity contribution is 7.12. The summed E-state index contributed by atoms with van der Waals surface area (Å²) in [7, 11) is 1.82. The molecule has 3 aromatic rings. The summed E-state index contributed by atoms with van der Waals surface area (Å²) in [5, 5.41) is 3.01. The summed E-state index contributed by atoms with van der Waals surface area (Å²) in [4.78, 5) is 15.1. The maximum absolute atomic E-state index is 12.6. The van der Waals surface area contributed by atoms with E-state index >= 15 is 0 Å². The second-order valence-electron chi connectivity index (χ2n) is 5.21. The molecule has 0 bridgehead atoms. The van der Waals surface area contributed by atoms with E-state index in [4.69, 9.17) is 4.42 Å². The number of nitrogens with zero attached hydrogens (tertiary/aromatic N) is 1. The molecule has 0 aliphatic heterocycles. The number of benzene rings is 1. The maximum Gasteiger partial charge on any atom is 0.264 e. The van der Waals surface area contributed by atoms with Crippen LogP contribution in [0.25, 0.3) is 11.0 Å². The van der Waals surface area contributed by atoms with Gasteiger partial charge in [-0.05, 0) is 43.0 Å². The molecule has 3 rings (SSSR count). The molecule has 1 atom stereocenters. The highest BCUT2D eigenvalue weighted by Gasteiger charge is 2.23. The number of carbonyl (C=O) groups excluding carboxylic acids is 1. The van der Waals surface area contributed by atoms with Crippen molar-refractivity contribution in [3.63, 3.8) is 0 Å². The van der Waals surface area contributed by atoms with Gasteiger partial charge in [0.2, 0.25) is 0 Å². The fourth-order valence-electron chi connectivity index (χ4n) is 2.33. The van der Waals surface area contributed by atoms with Crippen LogP contribution in [0.4, 0.5) is 0 Å². The molecule has 0 aliphatic carbocycles. The Hall–Kier alpha value is -2.07. The molecule has 0 radical (unpaired) electrons. The molecule has 1 amide bonds. The fraction of sp³-hybridized carbons (Fsp3) is 0.235. The Morgan fingerprint density at radius 3 is 2.71 bits per heavy atom. The summed E-state index contributed by atoms with van der Waals surface area (Å²) in [6.45, 7) is 3.95. The number of para-hydroxylation sites is 1. The Kier molecular flexibility index (Phi) is 3.55. The number of thiophene rings is 1. The van der Waals surface area contributed by atoms with E-state index in [1.54, 1.807) is 4.90 Å². The Morgan fingerprint density at radius 1 is 1.29 bits per heavy atom. The highest BCUT2D eigenvalue weighted by atomic mass is 32.1. The molecule has 1 aromatic carbocycles. The molecule has 0 spiro atoms. The molecule has 2 heterocycles. The first-order valence-corrected chi connectivity index (χ1v) is 7.75. The number of carbonyl (C=O) groups is 1. The third-order valence-electron chi connectivity index (χ3n) is 3.81. The number of fused-ring (bicyclic) bond motifs is 1. The zero-order chi connectivity index (χ0) is 15.0. The van der Waals surface area contributed by atoms with Crippen LogP contribution in [-0.4, -0.2) is 17.9 Å². The largest absolute Gasteiger partial charge is 0.459 e. The highest BCUT2D eigenvalue weighted by Crippen LogP contribution is 2.28. The second-order valence-corrected chi connectivity index (χ2v) is 6.13. The summed E-state index contributed by atoms with van der Waals surface area (Å²) in [6, 6.07) is 11.8. The Labute approximate surface area is 127 Å². The molecule has 3 nitrogen and oxygen atoms in total. The normalized spacial score (nSPS) is 12.5. The molecule has 108 valence electrons. The molecular formula is C17H17NO2S. The van der Waals surface area contributed by atoms with Crippen molar-refractivity contribution in [2.24, 2.45) is 0 Å². The van der Waals surface area contributed by atoms with Crippen molar-refractivity contribution < 1.29 is 9.21 Å². The van der Waals surface area contributed by atoms with Gasteiger partial charge in [0, 0.05) is 12.4 Å². The van der Waals surface area contributed by atoms with Crippen molar-refractivity contribution in [3.05, 3.63) is 58.0 Å². The topological polar surface area (TPSA) is 33.5 Å². The van der Waals surface area contributed by atoms with Crippen molar-refractivity contribution in [2.75, 3.05) is 7.05 Å². The van der Waals surface area contributed by atoms with Crippen LogP contribution in [0, 0.1) is 6.92 Å². The van der Waals surface area contributed by atoms with E-state index in [1.165, 1.54) is 11.3 Å². The second kappa shape index (κ2) is 5.37. The number of rotatable bonds is 3. The fourth-order valence-corrected chi connectivity index (χ4v) is 3.23. The summed E-state index contributed by atoms with van der Waals surface area (Å²) < 4.78 is 5.86. The first-order chi connectivity index (χ1) is 10.1. The monoisotopic (exact) mass is 299 g/mol. The molecule has 4 heteroatoms. The average molecular weight is 299 g/mol. The van der Waals surface area contributed by atoms with Gasteiger partial charge < -0.3 is 9.32 Å². The number of amides is 1. The molecule has 0 fully saturated rings. The quantitative estimate of drug-likeness (QED) is 0.706. The van der Waals surface area contributed by atoms with Gasteiger partial charge in [-0.25, -0.2) is 0 Å². The van der Waals surface area contributed by atoms with E-state index in [0.717, 1.165) is 27.2 Å². The Bertz CT molecular complexity index is 754. The van der Waals surface area contributed by atoms with Crippen LogP contribution in [0.15, 0.2) is 46.2 Å². The van der Waals surface area contributed by atoms with Crippen LogP contribution in [-0.2, 0) is 0 Å². The zero-order valence-corrected chi connectivity index (χ0v) is 13.1. The van der Waals surface area contributed by atoms with Crippen LogP contribution < -0.4 is 0 Å². The first kappa shape index (κ1) is 13.9. The number of hydrogen-bond donors (Lipinski definition) is 0. The summed E-state index contributed by atoms with van der Waals surface area (Å²) in [6.07, 6.45) is 0. The van der Waals surface area contributed by atoms with Gasteiger partial charge in [0.25, 0.3) is 5.91 Å². The van der Waals surface area contributed by atoms with Crippen molar-refractivity contribution in [1.82, 2.24) is 4.90 Å². The number of aryl methyl sites for hydroxylation is 1. The SMILES string of the molecule is Cc1ccsc1C(=O)N(C)C(C)c1cc2ccccc2o1. The number of furan rings is 1. The lowest BCUT2D eigenvalue weighted by atomic mass is 10.2. The predicted octanol–water partition coefficient (Wildman–Crippen LogP) is 4.64. The van der Waals surface area contributed by atoms with Gasteiger partial charge in [0.15, 0.2) is 0 Å². The van der Waals surface area contributed by atoms with Gasteiger partial charge in [-0.2, -0.15) is 0 Å². The van der Waals surface area contributed by atoms with Crippen LogP contribution in [0.2, 0.25) is 0 Å². The van der Waals surface area contributed by atoms with E-state index in [1.807, 2.05) is 62.7 Å². The van der Waals surface area contributed by atoms with Crippen LogP contribution in [0.5, 0.6) is 0 Å². The van der Waals surface area contributed by atoms with E-state index in [0.29, 0.717) is 0 Å². The number of hydrogen-bond acceptors (Lipinski definition) is 3. The predicted molar refractivity (Wildman–Crippen MR) is 85.8 cm³/mol. The van der Waals surface area contributed by atoms with Gasteiger partial charge >= 0.3 is 0 Å². The minimum absolute atomic E-state index is 0.0375. The molecule has 0 aliphatic rings. The van der Waals surface area contributed by atoms with E-state index in [9.17, 15) is 4.79 Å². The summed E-state index contributed by atoms with van der Waals surface area (Å²) >= 11 is 1.48. The average Bonchev–Trinajstić information content (AvgIpc) is 3.10. The molecule has 1 unspecified atom stereocenters. The van der Waals surface area contributed by atoms with Crippen molar-refractivity contribution in [2.45, 2.75) is 19.9 Å². The van der Waals surface area contributed by atoms with Crippen LogP contribution in [0.3, 0.4) is 0 Å². The van der Waals surface area contributed by atoms with Crippen molar-refractivity contribution in [1.29, 1.82) is 0 Å². The standard InChI is InChI=1S/C17H17NO2S/c1-11-8-9-21-16(11)17(19)18(3)12(2)15-10-13-6-4-5-7-14(13)20-15/h4-10,12H,1-3H3. The third-order valence-corrected chi connectivity index (χ3v) is 4.82. The lowest BCUT2D eigenvalue weighted by Gasteiger charge is -2.23. The van der Waals surface area contributed by atoms with E-state index < -0.39 is 0 Å². The van der Waals surface area contributed by atoms with Gasteiger partial charge in [-0.3, -0.25) is 4.79 Å². The van der Waals surface area contributed by atoms with E-state index in [2.05, 4.69) is 0 Å². The van der Waals surface area contributed by atoms with Gasteiger partial charge in [0.1, 0.15) is 11.3 Å². The van der Waals surface area contributed by atoms with Crippen LogP contribution >= 0.6 is 11.3 Å². The molecular weight excluding hydrogens is 282 g/mol. The molecule has 0 saturated carbocycles. The van der Waals surface area contributed by atoms with Gasteiger partial charge in [0.05, 0.1) is 10.9 Å². The summed E-state index contributed by atoms with van der Waals surface area (Å²) in [5.74, 6) is 0.844. The zero-order valence-electron chi connectivity index (χ0n) is 12.3. The molecule has 0 N–H and O–H groups in total. The Balaban J connectivity index is 1.88. The van der Waals surface area contributed by atoms with Crippen molar-refractivity contribution in [3.8, 4) is 0 Å². The first-order valence-electron chi connectivity index (χ1n) is 6.87. The molecule has 21 heavy (non-hydrogen) atoms. The lowest BCUT2D eigenvalue weighted by molar-refractivity contribution is 0.0732. The van der Waals surface area contributed by atoms with Gasteiger partial charge in [-0.15, -0.1) is 11.3 Å². The maximum atomic E-state index is 12.6. The summed E-state index contributed by atoms with van der Waals surface area (Å²) in [5.41, 5.74) is 1.88. The molecule has 0 saturated heterocycles. The minimum atomic E-state index is -0.105. The van der Waals surface area contributed by atoms with Gasteiger partial charge in [-0.1, -0.05) is 18.2 Å². The third kappa shape index (κ3) is 2.47.